The number of allylic oxidation sites excluding steroid dienone is 2. The number of anilines is 1. The van der Waals surface area contributed by atoms with Crippen molar-refractivity contribution in [3.8, 4) is 5.75 Å². The molecule has 11 heteroatoms. The predicted octanol–water partition coefficient (Wildman–Crippen LogP) is 5.45. The molecule has 3 aromatic rings. The predicted molar refractivity (Wildman–Crippen MR) is 142 cm³/mol. The van der Waals surface area contributed by atoms with E-state index >= 15 is 0 Å². The number of Topliss-reactive ketones (excluding diaryl/α,β-unsaturated/α-hetero) is 2. The summed E-state index contributed by atoms with van der Waals surface area (Å²) in [7, 11) is 2.53. The lowest BCUT2D eigenvalue weighted by atomic mass is 9.88. The third-order valence-corrected chi connectivity index (χ3v) is 6.35. The third-order valence-electron chi connectivity index (χ3n) is 6.35. The molecular formula is C30H25F3N2O6. The number of nitrogens with zero attached hydrogens (tertiary/aromatic N) is 1. The van der Waals surface area contributed by atoms with Crippen LogP contribution in [0.25, 0.3) is 0 Å². The quantitative estimate of drug-likeness (QED) is 0.344. The molecule has 0 saturated heterocycles. The van der Waals surface area contributed by atoms with Gasteiger partial charge in [-0.25, -0.2) is 0 Å². The summed E-state index contributed by atoms with van der Waals surface area (Å²) in [4.78, 5) is 43.2. The Morgan fingerprint density at radius 1 is 0.927 bits per heavy atom. The maximum absolute atomic E-state index is 13.3. The van der Waals surface area contributed by atoms with E-state index in [-0.39, 0.29) is 52.7 Å². The van der Waals surface area contributed by atoms with E-state index in [0.717, 1.165) is 29.8 Å². The van der Waals surface area contributed by atoms with Crippen molar-refractivity contribution in [2.45, 2.75) is 26.1 Å². The fourth-order valence-electron chi connectivity index (χ4n) is 4.18. The number of hydrogen-bond donors (Lipinski definition) is 1. The van der Waals surface area contributed by atoms with E-state index in [2.05, 4.69) is 10.3 Å². The number of pyridine rings is 1. The fourth-order valence-corrected chi connectivity index (χ4v) is 4.18. The summed E-state index contributed by atoms with van der Waals surface area (Å²) in [5.74, 6) is -1.87. The minimum Gasteiger partial charge on any atom is -0.489 e. The van der Waals surface area contributed by atoms with Gasteiger partial charge >= 0.3 is 6.18 Å². The Morgan fingerprint density at radius 3 is 2.22 bits per heavy atom. The van der Waals surface area contributed by atoms with Crippen LogP contribution in [0.2, 0.25) is 0 Å². The Balaban J connectivity index is 1.65. The number of halogens is 3. The lowest BCUT2D eigenvalue weighted by Gasteiger charge is -2.21. The molecule has 1 aromatic heterocycles. The molecule has 0 atom stereocenters. The average molecular weight is 567 g/mol. The largest absolute Gasteiger partial charge is 0.489 e. The van der Waals surface area contributed by atoms with Gasteiger partial charge in [0.05, 0.1) is 25.3 Å². The molecule has 0 aliphatic heterocycles. The molecule has 1 heterocycles. The molecule has 0 radical (unpaired) electrons. The van der Waals surface area contributed by atoms with Crippen LogP contribution in [0.15, 0.2) is 89.7 Å². The highest BCUT2D eigenvalue weighted by Gasteiger charge is 2.35. The van der Waals surface area contributed by atoms with E-state index in [1.807, 2.05) is 0 Å². The highest BCUT2D eigenvalue weighted by atomic mass is 19.4. The molecule has 2 aromatic carbocycles. The van der Waals surface area contributed by atoms with Gasteiger partial charge in [-0.2, -0.15) is 13.2 Å². The molecule has 212 valence electrons. The molecule has 1 amide bonds. The second kappa shape index (κ2) is 12.1. The molecule has 1 aliphatic rings. The van der Waals surface area contributed by atoms with Crippen LogP contribution >= 0.6 is 0 Å². The van der Waals surface area contributed by atoms with Gasteiger partial charge in [-0.05, 0) is 55.0 Å². The molecule has 1 aliphatic carbocycles. The summed E-state index contributed by atoms with van der Waals surface area (Å²) in [5, 5.41) is 2.58. The van der Waals surface area contributed by atoms with Crippen molar-refractivity contribution in [2.24, 2.45) is 0 Å². The zero-order chi connectivity index (χ0) is 29.7. The molecule has 0 fully saturated rings. The minimum atomic E-state index is -4.52. The lowest BCUT2D eigenvalue weighted by Crippen LogP contribution is -2.26. The van der Waals surface area contributed by atoms with Gasteiger partial charge in [0.1, 0.15) is 12.4 Å². The van der Waals surface area contributed by atoms with Gasteiger partial charge in [0.15, 0.2) is 0 Å². The summed E-state index contributed by atoms with van der Waals surface area (Å²) in [5.41, 5.74) is 0.952. The Hall–Kier alpha value is -4.93. The van der Waals surface area contributed by atoms with Gasteiger partial charge in [-0.1, -0.05) is 12.1 Å². The van der Waals surface area contributed by atoms with Crippen LogP contribution in [0.5, 0.6) is 5.75 Å². The molecular weight excluding hydrogens is 541 g/mol. The first-order valence-electron chi connectivity index (χ1n) is 12.3. The van der Waals surface area contributed by atoms with Crippen molar-refractivity contribution < 1.29 is 41.8 Å². The van der Waals surface area contributed by atoms with Crippen LogP contribution < -0.4 is 10.1 Å². The van der Waals surface area contributed by atoms with Crippen LogP contribution in [-0.2, 0) is 38.3 Å². The van der Waals surface area contributed by atoms with Crippen LogP contribution in [0.4, 0.5) is 18.9 Å². The second-order valence-corrected chi connectivity index (χ2v) is 9.01. The minimum absolute atomic E-state index is 0.0102. The van der Waals surface area contributed by atoms with Gasteiger partial charge < -0.3 is 19.5 Å². The summed E-state index contributed by atoms with van der Waals surface area (Å²) >= 11 is 0. The molecule has 1 N–H and O–H groups in total. The maximum atomic E-state index is 13.3. The first kappa shape index (κ1) is 29.1. The van der Waals surface area contributed by atoms with Gasteiger partial charge in [0, 0.05) is 41.2 Å². The van der Waals surface area contributed by atoms with E-state index in [4.69, 9.17) is 14.2 Å². The van der Waals surface area contributed by atoms with Crippen molar-refractivity contribution in [2.75, 3.05) is 19.5 Å². The van der Waals surface area contributed by atoms with Crippen molar-refractivity contribution in [3.63, 3.8) is 0 Å². The van der Waals surface area contributed by atoms with Crippen molar-refractivity contribution >= 4 is 23.2 Å². The molecule has 0 unspecified atom stereocenters. The number of alkyl halides is 3. The zero-order valence-corrected chi connectivity index (χ0v) is 22.3. The molecule has 0 saturated carbocycles. The molecule has 0 spiro atoms. The van der Waals surface area contributed by atoms with Crippen LogP contribution in [0.3, 0.4) is 0 Å². The normalized spacial score (nSPS) is 13.8. The number of hydrogen-bond acceptors (Lipinski definition) is 7. The summed E-state index contributed by atoms with van der Waals surface area (Å²) < 4.78 is 55.0. The van der Waals surface area contributed by atoms with Crippen molar-refractivity contribution in [3.05, 3.63) is 112 Å². The fraction of sp³-hybridized carbons (Fsp3) is 0.200. The van der Waals surface area contributed by atoms with E-state index < -0.39 is 29.2 Å². The Labute approximate surface area is 233 Å². The van der Waals surface area contributed by atoms with Gasteiger partial charge in [0.25, 0.3) is 5.91 Å². The highest BCUT2D eigenvalue weighted by molar-refractivity contribution is 6.23. The van der Waals surface area contributed by atoms with Crippen molar-refractivity contribution in [1.82, 2.24) is 4.98 Å². The van der Waals surface area contributed by atoms with E-state index in [1.54, 1.807) is 36.7 Å². The lowest BCUT2D eigenvalue weighted by molar-refractivity contribution is -0.137. The number of benzene rings is 2. The van der Waals surface area contributed by atoms with E-state index in [0.29, 0.717) is 5.56 Å². The van der Waals surface area contributed by atoms with Crippen molar-refractivity contribution in [1.29, 1.82) is 0 Å². The zero-order valence-electron chi connectivity index (χ0n) is 22.3. The molecule has 41 heavy (non-hydrogen) atoms. The van der Waals surface area contributed by atoms with E-state index in [1.165, 1.54) is 27.2 Å². The van der Waals surface area contributed by atoms with Gasteiger partial charge in [-0.15, -0.1) is 0 Å². The van der Waals surface area contributed by atoms with Crippen LogP contribution in [-0.4, -0.2) is 36.7 Å². The number of aromatic nitrogens is 1. The van der Waals surface area contributed by atoms with Crippen LogP contribution in [0, 0.1) is 0 Å². The highest BCUT2D eigenvalue weighted by Crippen LogP contribution is 2.32. The van der Waals surface area contributed by atoms with Crippen LogP contribution in [0.1, 0.15) is 34.0 Å². The number of ketones is 2. The molecule has 8 nitrogen and oxygen atoms in total. The average Bonchev–Trinajstić information content (AvgIpc) is 2.96. The molecule has 4 rings (SSSR count). The summed E-state index contributed by atoms with van der Waals surface area (Å²) in [6.45, 7) is 1.59. The number of methoxy groups -OCH3 is 2. The number of amides is 1. The number of carbonyl (C=O) groups excluding carboxylic acids is 3. The van der Waals surface area contributed by atoms with Gasteiger partial charge in [-0.3, -0.25) is 19.4 Å². The number of carbonyl (C=O) groups is 3. The maximum Gasteiger partial charge on any atom is 0.416 e. The monoisotopic (exact) mass is 566 g/mol. The number of rotatable bonds is 9. The SMILES string of the molecule is COC1=C(OC)C(=O)C(Cc2ccc(OCc3cccnc3)c(C(=O)Nc3ccc(C(F)(F)F)cc3)c2)=C(C)C1=O. The Bertz CT molecular complexity index is 1540. The number of ether oxygens (including phenoxy) is 3. The standard InChI is InChI=1S/C30H25F3N2O6/c1-17-22(26(37)28(40-3)27(39-2)25(17)36)13-18-6-11-24(41-16-19-5-4-12-34-15-19)23(14-18)29(38)35-21-9-7-20(8-10-21)30(31,32)33/h4-12,14-15H,13,16H2,1-3H3,(H,35,38). The van der Waals surface area contributed by atoms with Gasteiger partial charge in [0.2, 0.25) is 23.1 Å². The summed E-state index contributed by atoms with van der Waals surface area (Å²) in [6, 6.07) is 12.2. The first-order valence-corrected chi connectivity index (χ1v) is 12.3. The second-order valence-electron chi connectivity index (χ2n) is 9.01. The molecule has 0 bridgehead atoms. The van der Waals surface area contributed by atoms with E-state index in [9.17, 15) is 27.6 Å². The smallest absolute Gasteiger partial charge is 0.416 e. The Morgan fingerprint density at radius 2 is 1.61 bits per heavy atom. The third kappa shape index (κ3) is 6.46. The Kier molecular flexibility index (Phi) is 8.56. The number of nitrogens with one attached hydrogen (secondary N) is 1. The topological polar surface area (TPSA) is 104 Å². The first-order chi connectivity index (χ1) is 19.5. The summed E-state index contributed by atoms with van der Waals surface area (Å²) in [6.07, 6.45) is -1.32.